The Labute approximate surface area is 325 Å². The summed E-state index contributed by atoms with van der Waals surface area (Å²) in [6, 6.07) is 34.7. The molecule has 0 saturated heterocycles. The summed E-state index contributed by atoms with van der Waals surface area (Å²) in [5, 5.41) is 0. The van der Waals surface area contributed by atoms with Crippen LogP contribution in [-0.2, 0) is 31.8 Å². The molecule has 0 spiro atoms. The van der Waals surface area contributed by atoms with Crippen molar-refractivity contribution < 1.29 is 45.8 Å². The van der Waals surface area contributed by atoms with Gasteiger partial charge in [-0.25, -0.2) is 0 Å². The molecular weight excluding hydrogens is 821 g/mol. The summed E-state index contributed by atoms with van der Waals surface area (Å²) in [5.41, 5.74) is 9.66. The largest absolute Gasteiger partial charge is 0.147 e. The Kier molecular flexibility index (Phi) is 12.3. The first-order valence-corrected chi connectivity index (χ1v) is 28.9. The fourth-order valence-corrected chi connectivity index (χ4v) is 39.2. The van der Waals surface area contributed by atoms with Crippen LogP contribution in [0.4, 0.5) is 26.3 Å². The molecule has 276 valence electrons. The summed E-state index contributed by atoms with van der Waals surface area (Å²) in [6.45, 7) is 6.18. The van der Waals surface area contributed by atoms with Gasteiger partial charge in [0.25, 0.3) is 0 Å². The van der Waals surface area contributed by atoms with Crippen molar-refractivity contribution in [3.8, 4) is 22.3 Å². The smallest absolute Gasteiger partial charge is 0.147 e. The Balaban J connectivity index is 0.00000271. The standard InChI is InChI=1S/2C18H14F3.C6H5.CH5Si.2ClH.Zr/c2*1-2-12-10-14-4-3-5-16(17(14)11-12)13-6-8-15(9-7-13)18(19,20)21;1-2-4-6-5-3-1;1-2;;;/h2*3-11H,2H2,1H3;1-5H;2H2,1H3;2*1H;. The van der Waals surface area contributed by atoms with E-state index in [1.54, 1.807) is 24.3 Å². The molecule has 2 atom stereocenters. The maximum atomic E-state index is 13.5. The van der Waals surface area contributed by atoms with Gasteiger partial charge in [-0.15, -0.1) is 24.8 Å². The minimum atomic E-state index is -4.40. The molecule has 2 aliphatic carbocycles. The molecule has 0 amide bonds. The molecule has 10 heteroatoms. The Morgan fingerprint density at radius 2 is 0.925 bits per heavy atom. The molecular formula is C43H40Cl2F6SiZr. The second kappa shape index (κ2) is 15.9. The van der Waals surface area contributed by atoms with Crippen LogP contribution in [0.25, 0.3) is 34.4 Å². The molecule has 2 aliphatic rings. The van der Waals surface area contributed by atoms with Gasteiger partial charge in [-0.2, -0.15) is 0 Å². The van der Waals surface area contributed by atoms with E-state index in [0.29, 0.717) is 0 Å². The number of allylic oxidation sites excluding steroid dienone is 2. The Morgan fingerprint density at radius 3 is 1.26 bits per heavy atom. The van der Waals surface area contributed by atoms with Crippen molar-refractivity contribution >= 4 is 46.9 Å². The Hall–Kier alpha value is -3.16. The van der Waals surface area contributed by atoms with Gasteiger partial charge in [0.05, 0.1) is 0 Å². The van der Waals surface area contributed by atoms with Crippen LogP contribution in [0, 0.1) is 0 Å². The first kappa shape index (κ1) is 41.0. The van der Waals surface area contributed by atoms with Crippen LogP contribution in [-0.4, -0.2) is 6.65 Å². The molecule has 0 aromatic heterocycles. The molecule has 0 bridgehead atoms. The molecule has 0 fully saturated rings. The zero-order chi connectivity index (χ0) is 36.1. The van der Waals surface area contributed by atoms with Crippen LogP contribution in [0.2, 0.25) is 6.55 Å². The van der Waals surface area contributed by atoms with Gasteiger partial charge in [0.2, 0.25) is 0 Å². The fourth-order valence-electron chi connectivity index (χ4n) is 8.80. The second-order valence-corrected chi connectivity index (χ2v) is 35.8. The fraction of sp³-hybridized carbons (Fsp3) is 0.209. The van der Waals surface area contributed by atoms with Crippen molar-refractivity contribution in [2.24, 2.45) is 0 Å². The van der Waals surface area contributed by atoms with Gasteiger partial charge in [-0.3, -0.25) is 0 Å². The number of benzene rings is 5. The van der Waals surface area contributed by atoms with Crippen molar-refractivity contribution in [1.29, 1.82) is 0 Å². The normalized spacial score (nSPS) is 17.7. The van der Waals surface area contributed by atoms with Crippen LogP contribution < -0.4 is 3.27 Å². The minimum Gasteiger partial charge on any atom is -0.147 e. The van der Waals surface area contributed by atoms with E-state index in [2.05, 4.69) is 87.1 Å². The zero-order valence-corrected chi connectivity index (χ0v) is 35.0. The summed E-state index contributed by atoms with van der Waals surface area (Å²) in [6.07, 6.45) is -2.42. The van der Waals surface area contributed by atoms with Crippen LogP contribution in [0.3, 0.4) is 0 Å². The van der Waals surface area contributed by atoms with E-state index in [1.807, 2.05) is 12.1 Å². The van der Waals surface area contributed by atoms with E-state index in [1.165, 1.54) is 49.8 Å². The van der Waals surface area contributed by atoms with Crippen molar-refractivity contribution in [2.45, 2.75) is 52.8 Å². The first-order chi connectivity index (χ1) is 24.4. The first-order valence-electron chi connectivity index (χ1n) is 17.5. The summed E-state index contributed by atoms with van der Waals surface area (Å²) in [7, 11) is 0. The average Bonchev–Trinajstić information content (AvgIpc) is 3.72. The molecule has 0 N–H and O–H groups in total. The third kappa shape index (κ3) is 7.22. The minimum absolute atomic E-state index is 0. The second-order valence-electron chi connectivity index (χ2n) is 13.5. The molecule has 0 radical (unpaired) electrons. The number of fused-ring (bicyclic) bond motifs is 2. The van der Waals surface area contributed by atoms with E-state index in [0.717, 1.165) is 46.2 Å². The van der Waals surface area contributed by atoms with Crippen molar-refractivity contribution in [2.75, 3.05) is 0 Å². The van der Waals surface area contributed by atoms with Gasteiger partial charge < -0.3 is 0 Å². The summed E-state index contributed by atoms with van der Waals surface area (Å²) < 4.78 is 82.8. The molecule has 7 rings (SSSR count). The van der Waals surface area contributed by atoms with Gasteiger partial charge in [-0.1, -0.05) is 0 Å². The molecule has 0 nitrogen and oxygen atoms in total. The number of halogens is 8. The van der Waals surface area contributed by atoms with E-state index in [4.69, 9.17) is 0 Å². The van der Waals surface area contributed by atoms with Crippen LogP contribution in [0.5, 0.6) is 0 Å². The van der Waals surface area contributed by atoms with Crippen LogP contribution in [0.1, 0.15) is 67.3 Å². The third-order valence-corrected chi connectivity index (χ3v) is 40.0. The predicted molar refractivity (Wildman–Crippen MR) is 211 cm³/mol. The molecule has 0 heterocycles. The van der Waals surface area contributed by atoms with E-state index >= 15 is 0 Å². The Morgan fingerprint density at radius 1 is 0.528 bits per heavy atom. The maximum absolute atomic E-state index is 13.5. The van der Waals surface area contributed by atoms with E-state index < -0.39 is 49.6 Å². The zero-order valence-electron chi connectivity index (χ0n) is 29.5. The summed E-state index contributed by atoms with van der Waals surface area (Å²) >= 11 is -3.71. The number of hydrogen-bond donors (Lipinski definition) is 0. The maximum Gasteiger partial charge on any atom is -0.147 e. The van der Waals surface area contributed by atoms with Crippen molar-refractivity contribution in [3.63, 3.8) is 0 Å². The number of alkyl halides is 6. The van der Waals surface area contributed by atoms with Gasteiger partial charge in [0.15, 0.2) is 0 Å². The van der Waals surface area contributed by atoms with Gasteiger partial charge in [0, 0.05) is 0 Å². The number of hydrogen-bond acceptors (Lipinski definition) is 0. The van der Waals surface area contributed by atoms with E-state index in [9.17, 15) is 26.3 Å². The topological polar surface area (TPSA) is 0 Å². The average molecular weight is 861 g/mol. The van der Waals surface area contributed by atoms with Gasteiger partial charge in [0.1, 0.15) is 0 Å². The SMILES string of the molecule is CCC1=Cc2c(-c3ccc(C(F)(F)F)cc3)cccc2[CH]1[Zr]([SiH2]C)([c]1ccccc1)[CH]1C(CC)=Cc2c(-c3ccc(C(F)(F)F)cc3)cccc21.Cl.Cl. The quantitative estimate of drug-likeness (QED) is 0.108. The van der Waals surface area contributed by atoms with Crippen LogP contribution >= 0.6 is 24.8 Å². The molecule has 53 heavy (non-hydrogen) atoms. The molecule has 2 unspecified atom stereocenters. The third-order valence-electron chi connectivity index (χ3n) is 11.1. The van der Waals surface area contributed by atoms with Gasteiger partial charge in [-0.05, 0) is 0 Å². The van der Waals surface area contributed by atoms with Crippen LogP contribution in [0.15, 0.2) is 126 Å². The molecule has 5 aromatic carbocycles. The van der Waals surface area contributed by atoms with E-state index in [-0.39, 0.29) is 32.1 Å². The van der Waals surface area contributed by atoms with Crippen molar-refractivity contribution in [3.05, 3.63) is 160 Å². The summed E-state index contributed by atoms with van der Waals surface area (Å²) in [4.78, 5) is 0. The molecule has 0 aliphatic heterocycles. The molecule has 0 saturated carbocycles. The van der Waals surface area contributed by atoms with Gasteiger partial charge >= 0.3 is 303 Å². The number of rotatable bonds is 8. The Bertz CT molecular complexity index is 2010. The summed E-state index contributed by atoms with van der Waals surface area (Å²) in [5.74, 6) is 0. The molecule has 5 aromatic rings. The predicted octanol–water partition coefficient (Wildman–Crippen LogP) is 12.9. The van der Waals surface area contributed by atoms with Crippen molar-refractivity contribution in [1.82, 2.24) is 0 Å². The monoisotopic (exact) mass is 858 g/mol.